The van der Waals surface area contributed by atoms with Gasteiger partial charge in [0, 0.05) is 17.1 Å². The molecule has 0 bridgehead atoms. The molecule has 8 heteroatoms. The van der Waals surface area contributed by atoms with E-state index in [4.69, 9.17) is 5.21 Å². The Hall–Kier alpha value is -1.19. The van der Waals surface area contributed by atoms with Crippen LogP contribution >= 0.6 is 11.8 Å². The molecule has 30 heavy (non-hydrogen) atoms. The van der Waals surface area contributed by atoms with E-state index in [2.05, 4.69) is 0 Å². The van der Waals surface area contributed by atoms with Gasteiger partial charge >= 0.3 is 0 Å². The SMILES string of the molecule is O=C(CCCCCCC1C(O)CC(O)[C@@H]1CCC(O)CSc1ccccc1F)NO. The number of carbonyl (C=O) groups excluding carboxylic acids is 1. The Balaban J connectivity index is 1.70. The number of amides is 1. The maximum absolute atomic E-state index is 13.7. The third-order valence-corrected chi connectivity index (χ3v) is 7.13. The van der Waals surface area contributed by atoms with Crippen LogP contribution in [0.5, 0.6) is 0 Å². The zero-order valence-corrected chi connectivity index (χ0v) is 18.1. The maximum atomic E-state index is 13.7. The Morgan fingerprint density at radius 3 is 2.47 bits per heavy atom. The van der Waals surface area contributed by atoms with Crippen LogP contribution in [0.25, 0.3) is 0 Å². The molecule has 6 nitrogen and oxygen atoms in total. The highest BCUT2D eigenvalue weighted by Gasteiger charge is 2.40. The molecule has 170 valence electrons. The van der Waals surface area contributed by atoms with Gasteiger partial charge in [0.25, 0.3) is 0 Å². The molecule has 1 aromatic carbocycles. The quantitative estimate of drug-likeness (QED) is 0.139. The van der Waals surface area contributed by atoms with Gasteiger partial charge in [-0.2, -0.15) is 0 Å². The molecule has 1 aliphatic rings. The van der Waals surface area contributed by atoms with Crippen LogP contribution in [0.2, 0.25) is 0 Å². The summed E-state index contributed by atoms with van der Waals surface area (Å²) in [5.41, 5.74) is 1.62. The molecule has 2 rings (SSSR count). The maximum Gasteiger partial charge on any atom is 0.243 e. The summed E-state index contributed by atoms with van der Waals surface area (Å²) in [6.45, 7) is 0. The predicted molar refractivity (Wildman–Crippen MR) is 114 cm³/mol. The van der Waals surface area contributed by atoms with Gasteiger partial charge in [0.1, 0.15) is 5.82 Å². The summed E-state index contributed by atoms with van der Waals surface area (Å²) in [5, 5.41) is 39.5. The van der Waals surface area contributed by atoms with Crippen molar-refractivity contribution in [2.24, 2.45) is 11.8 Å². The molecular formula is C22H34FNO5S. The Morgan fingerprint density at radius 1 is 1.10 bits per heavy atom. The monoisotopic (exact) mass is 443 g/mol. The van der Waals surface area contributed by atoms with Gasteiger partial charge in [0.2, 0.25) is 5.91 Å². The first-order valence-corrected chi connectivity index (χ1v) is 11.8. The number of aliphatic hydroxyl groups excluding tert-OH is 3. The molecule has 4 unspecified atom stereocenters. The Labute approximate surface area is 181 Å². The van der Waals surface area contributed by atoms with Gasteiger partial charge in [-0.1, -0.05) is 31.4 Å². The normalized spacial score (nSPS) is 24.7. The number of aliphatic hydroxyl groups is 3. The number of rotatable bonds is 13. The number of thioether (sulfide) groups is 1. The van der Waals surface area contributed by atoms with Gasteiger partial charge in [-0.25, -0.2) is 9.87 Å². The van der Waals surface area contributed by atoms with Crippen LogP contribution in [0, 0.1) is 17.7 Å². The first-order chi connectivity index (χ1) is 14.4. The van der Waals surface area contributed by atoms with E-state index < -0.39 is 18.3 Å². The van der Waals surface area contributed by atoms with E-state index in [1.807, 2.05) is 0 Å². The summed E-state index contributed by atoms with van der Waals surface area (Å²) in [7, 11) is 0. The van der Waals surface area contributed by atoms with Crippen molar-refractivity contribution < 1.29 is 29.7 Å². The van der Waals surface area contributed by atoms with Crippen molar-refractivity contribution in [2.75, 3.05) is 5.75 Å². The van der Waals surface area contributed by atoms with E-state index in [9.17, 15) is 24.5 Å². The molecule has 0 spiro atoms. The largest absolute Gasteiger partial charge is 0.393 e. The zero-order chi connectivity index (χ0) is 21.9. The fourth-order valence-corrected chi connectivity index (χ4v) is 5.19. The summed E-state index contributed by atoms with van der Waals surface area (Å²) < 4.78 is 13.7. The number of unbranched alkanes of at least 4 members (excludes halogenated alkanes) is 3. The van der Waals surface area contributed by atoms with Crippen molar-refractivity contribution in [2.45, 2.75) is 81.0 Å². The lowest BCUT2D eigenvalue weighted by Gasteiger charge is -2.24. The lowest BCUT2D eigenvalue weighted by atomic mass is 9.85. The minimum atomic E-state index is -0.599. The van der Waals surface area contributed by atoms with E-state index in [1.165, 1.54) is 17.8 Å². The Bertz CT molecular complexity index is 650. The highest BCUT2D eigenvalue weighted by Crippen LogP contribution is 2.39. The van der Waals surface area contributed by atoms with Gasteiger partial charge in [-0.15, -0.1) is 11.8 Å². The fourth-order valence-electron chi connectivity index (χ4n) is 4.27. The molecule has 1 fully saturated rings. The van der Waals surface area contributed by atoms with Gasteiger partial charge in [0.05, 0.1) is 18.3 Å². The Kier molecular flexibility index (Phi) is 11.1. The van der Waals surface area contributed by atoms with E-state index in [1.54, 1.807) is 23.7 Å². The number of benzene rings is 1. The molecule has 0 saturated heterocycles. The first-order valence-electron chi connectivity index (χ1n) is 10.8. The van der Waals surface area contributed by atoms with Crippen molar-refractivity contribution >= 4 is 17.7 Å². The highest BCUT2D eigenvalue weighted by molar-refractivity contribution is 7.99. The summed E-state index contributed by atoms with van der Waals surface area (Å²) in [4.78, 5) is 11.5. The van der Waals surface area contributed by atoms with Crippen LogP contribution in [0.3, 0.4) is 0 Å². The van der Waals surface area contributed by atoms with Crippen LogP contribution in [-0.2, 0) is 4.79 Å². The molecule has 5 N–H and O–H groups in total. The van der Waals surface area contributed by atoms with Crippen molar-refractivity contribution in [1.29, 1.82) is 0 Å². The first kappa shape index (κ1) is 25.1. The van der Waals surface area contributed by atoms with Crippen molar-refractivity contribution in [3.63, 3.8) is 0 Å². The van der Waals surface area contributed by atoms with E-state index in [0.29, 0.717) is 42.8 Å². The van der Waals surface area contributed by atoms with E-state index in [0.717, 1.165) is 25.7 Å². The van der Waals surface area contributed by atoms with Crippen molar-refractivity contribution in [3.05, 3.63) is 30.1 Å². The third-order valence-electron chi connectivity index (χ3n) is 5.94. The van der Waals surface area contributed by atoms with Crippen molar-refractivity contribution in [3.8, 4) is 0 Å². The van der Waals surface area contributed by atoms with Crippen LogP contribution in [0.15, 0.2) is 29.2 Å². The molecule has 0 radical (unpaired) electrons. The van der Waals surface area contributed by atoms with Crippen LogP contribution in [0.1, 0.15) is 57.8 Å². The average Bonchev–Trinajstić information content (AvgIpc) is 3.00. The minimum absolute atomic E-state index is 0.00663. The van der Waals surface area contributed by atoms with E-state index >= 15 is 0 Å². The molecule has 0 heterocycles. The molecule has 0 aliphatic heterocycles. The molecule has 5 atom stereocenters. The number of hydrogen-bond acceptors (Lipinski definition) is 6. The number of halogens is 1. The smallest absolute Gasteiger partial charge is 0.243 e. The summed E-state index contributed by atoms with van der Waals surface area (Å²) in [5.74, 6) is -0.323. The topological polar surface area (TPSA) is 110 Å². The van der Waals surface area contributed by atoms with Crippen molar-refractivity contribution in [1.82, 2.24) is 5.48 Å². The molecule has 1 amide bonds. The number of hydroxylamine groups is 1. The molecule has 1 aliphatic carbocycles. The summed E-state index contributed by atoms with van der Waals surface area (Å²) >= 11 is 1.28. The van der Waals surface area contributed by atoms with Gasteiger partial charge in [-0.05, 0) is 56.1 Å². The summed E-state index contributed by atoms with van der Waals surface area (Å²) in [6, 6.07) is 6.49. The van der Waals surface area contributed by atoms with Crippen LogP contribution in [-0.4, -0.2) is 50.5 Å². The molecular weight excluding hydrogens is 409 g/mol. The fraction of sp³-hybridized carbons (Fsp3) is 0.682. The van der Waals surface area contributed by atoms with Gasteiger partial charge < -0.3 is 15.3 Å². The molecule has 1 aromatic rings. The minimum Gasteiger partial charge on any atom is -0.393 e. The summed E-state index contributed by atoms with van der Waals surface area (Å²) in [6.07, 6.45) is 4.30. The average molecular weight is 444 g/mol. The second-order valence-electron chi connectivity index (χ2n) is 8.16. The van der Waals surface area contributed by atoms with Crippen LogP contribution in [0.4, 0.5) is 4.39 Å². The lowest BCUT2D eigenvalue weighted by molar-refractivity contribution is -0.129. The van der Waals surface area contributed by atoms with E-state index in [-0.39, 0.29) is 23.6 Å². The van der Waals surface area contributed by atoms with Gasteiger partial charge in [0.15, 0.2) is 0 Å². The lowest BCUT2D eigenvalue weighted by Crippen LogP contribution is -2.24. The Morgan fingerprint density at radius 2 is 1.77 bits per heavy atom. The highest BCUT2D eigenvalue weighted by atomic mass is 32.2. The predicted octanol–water partition coefficient (Wildman–Crippen LogP) is 3.26. The zero-order valence-electron chi connectivity index (χ0n) is 17.3. The second kappa shape index (κ2) is 13.3. The molecule has 0 aromatic heterocycles. The van der Waals surface area contributed by atoms with Crippen LogP contribution < -0.4 is 5.48 Å². The second-order valence-corrected chi connectivity index (χ2v) is 9.22. The third kappa shape index (κ3) is 8.15. The standard InChI is InChI=1S/C22H34FNO5S/c23-18-8-5-6-9-21(18)30-14-15(25)11-12-17-16(19(26)13-20(17)27)7-3-1-2-4-10-22(28)24-29/h5-6,8-9,15-17,19-20,25-27,29H,1-4,7,10-14H2,(H,24,28)/t15?,16?,17-,19?,20?/m1/s1. The number of hydrogen-bond donors (Lipinski definition) is 5. The number of nitrogens with one attached hydrogen (secondary N) is 1. The number of carbonyl (C=O) groups is 1. The molecule has 1 saturated carbocycles. The van der Waals surface area contributed by atoms with Gasteiger partial charge in [-0.3, -0.25) is 10.0 Å².